The Bertz CT molecular complexity index is 572. The van der Waals surface area contributed by atoms with Gasteiger partial charge >= 0.3 is 5.97 Å². The van der Waals surface area contributed by atoms with E-state index in [-0.39, 0.29) is 11.8 Å². The van der Waals surface area contributed by atoms with E-state index >= 15 is 0 Å². The summed E-state index contributed by atoms with van der Waals surface area (Å²) in [7, 11) is 0. The molecule has 6 nitrogen and oxygen atoms in total. The molecule has 3 N–H and O–H groups in total. The molecule has 0 aromatic heterocycles. The molecule has 1 rings (SSSR count). The molecule has 0 aliphatic carbocycles. The molecule has 0 bridgehead atoms. The van der Waals surface area contributed by atoms with Gasteiger partial charge in [-0.1, -0.05) is 13.8 Å². The largest absolute Gasteiger partial charge is 0.480 e. The number of amides is 2. The number of carboxylic acids is 1. The van der Waals surface area contributed by atoms with Crippen molar-refractivity contribution in [2.45, 2.75) is 39.3 Å². The molecule has 0 radical (unpaired) electrons. The van der Waals surface area contributed by atoms with Gasteiger partial charge in [-0.25, -0.2) is 4.79 Å². The molecule has 0 saturated heterocycles. The Labute approximate surface area is 149 Å². The van der Waals surface area contributed by atoms with Crippen LogP contribution in [-0.4, -0.2) is 35.0 Å². The lowest BCUT2D eigenvalue weighted by Crippen LogP contribution is -2.50. The second-order valence-corrected chi connectivity index (χ2v) is 6.98. The van der Waals surface area contributed by atoms with Gasteiger partial charge in [0.15, 0.2) is 0 Å². The van der Waals surface area contributed by atoms with E-state index in [0.717, 1.165) is 3.57 Å². The number of hydrogen-bond donors (Lipinski definition) is 3. The van der Waals surface area contributed by atoms with Crippen molar-refractivity contribution in [2.75, 3.05) is 0 Å². The van der Waals surface area contributed by atoms with Crippen molar-refractivity contribution in [3.63, 3.8) is 0 Å². The summed E-state index contributed by atoms with van der Waals surface area (Å²) in [6, 6.07) is 5.14. The van der Waals surface area contributed by atoms with Crippen LogP contribution in [0.25, 0.3) is 0 Å². The Morgan fingerprint density at radius 1 is 1.09 bits per heavy atom. The maximum absolute atomic E-state index is 12.1. The van der Waals surface area contributed by atoms with E-state index in [2.05, 4.69) is 33.2 Å². The summed E-state index contributed by atoms with van der Waals surface area (Å²) >= 11 is 2.13. The Hall–Kier alpha value is -1.64. The molecule has 126 valence electrons. The lowest BCUT2D eigenvalue weighted by atomic mass is 10.0. The lowest BCUT2D eigenvalue weighted by molar-refractivity contribution is -0.142. The zero-order chi connectivity index (χ0) is 17.6. The molecular formula is C16H21IN2O4. The molecule has 0 aliphatic rings. The van der Waals surface area contributed by atoms with E-state index in [1.165, 1.54) is 6.92 Å². The van der Waals surface area contributed by atoms with Crippen LogP contribution in [0.2, 0.25) is 0 Å². The zero-order valence-corrected chi connectivity index (χ0v) is 15.5. The van der Waals surface area contributed by atoms with Crippen LogP contribution in [0.5, 0.6) is 0 Å². The lowest BCUT2D eigenvalue weighted by Gasteiger charge is -2.20. The highest BCUT2D eigenvalue weighted by Gasteiger charge is 2.24. The van der Waals surface area contributed by atoms with Crippen molar-refractivity contribution in [3.8, 4) is 0 Å². The minimum atomic E-state index is -1.08. The minimum absolute atomic E-state index is 0.132. The maximum atomic E-state index is 12.1. The van der Waals surface area contributed by atoms with Gasteiger partial charge in [0.1, 0.15) is 12.1 Å². The SMILES string of the molecule is CC(C)C[C@H](NC(=O)[C@H](C)NC(=O)c1ccc(I)cc1)C(=O)O. The molecule has 0 unspecified atom stereocenters. The van der Waals surface area contributed by atoms with Gasteiger partial charge in [0.05, 0.1) is 0 Å². The van der Waals surface area contributed by atoms with Gasteiger partial charge in [0.2, 0.25) is 5.91 Å². The molecule has 0 saturated carbocycles. The summed E-state index contributed by atoms with van der Waals surface area (Å²) in [5.41, 5.74) is 0.446. The normalized spacial score (nSPS) is 13.3. The molecule has 23 heavy (non-hydrogen) atoms. The fraction of sp³-hybridized carbons (Fsp3) is 0.438. The second kappa shape index (κ2) is 8.85. The number of carbonyl (C=O) groups is 3. The fourth-order valence-electron chi connectivity index (χ4n) is 1.94. The number of rotatable bonds is 7. The summed E-state index contributed by atoms with van der Waals surface area (Å²) < 4.78 is 1.00. The first-order chi connectivity index (χ1) is 10.7. The molecule has 2 amide bonds. The Morgan fingerprint density at radius 3 is 2.13 bits per heavy atom. The van der Waals surface area contributed by atoms with Gasteiger partial charge in [-0.15, -0.1) is 0 Å². The molecule has 7 heteroatoms. The highest BCUT2D eigenvalue weighted by molar-refractivity contribution is 14.1. The second-order valence-electron chi connectivity index (χ2n) is 5.73. The number of carboxylic acid groups (broad SMARTS) is 1. The van der Waals surface area contributed by atoms with Crippen LogP contribution in [-0.2, 0) is 9.59 Å². The van der Waals surface area contributed by atoms with Crippen molar-refractivity contribution < 1.29 is 19.5 Å². The van der Waals surface area contributed by atoms with E-state index < -0.39 is 24.0 Å². The van der Waals surface area contributed by atoms with Crippen molar-refractivity contribution in [2.24, 2.45) is 5.92 Å². The quantitative estimate of drug-likeness (QED) is 0.575. The maximum Gasteiger partial charge on any atom is 0.326 e. The monoisotopic (exact) mass is 432 g/mol. The van der Waals surface area contributed by atoms with Gasteiger partial charge in [0, 0.05) is 9.13 Å². The summed E-state index contributed by atoms with van der Waals surface area (Å²) in [5, 5.41) is 14.2. The fourth-order valence-corrected chi connectivity index (χ4v) is 2.30. The van der Waals surface area contributed by atoms with Crippen molar-refractivity contribution in [3.05, 3.63) is 33.4 Å². The van der Waals surface area contributed by atoms with E-state index in [9.17, 15) is 14.4 Å². The standard InChI is InChI=1S/C16H21IN2O4/c1-9(2)8-13(16(22)23)19-14(20)10(3)18-15(21)11-4-6-12(17)7-5-11/h4-7,9-10,13H,8H2,1-3H3,(H,18,21)(H,19,20)(H,22,23)/t10-,13-/m0/s1. The van der Waals surface area contributed by atoms with Crippen LogP contribution in [0.3, 0.4) is 0 Å². The molecule has 0 heterocycles. The predicted octanol–water partition coefficient (Wildman–Crippen LogP) is 2.02. The van der Waals surface area contributed by atoms with Crippen molar-refractivity contribution in [1.29, 1.82) is 0 Å². The molecular weight excluding hydrogens is 411 g/mol. The zero-order valence-electron chi connectivity index (χ0n) is 13.3. The number of carbonyl (C=O) groups excluding carboxylic acids is 2. The van der Waals surface area contributed by atoms with Crippen LogP contribution in [0, 0.1) is 9.49 Å². The summed E-state index contributed by atoms with van der Waals surface area (Å²) in [6.45, 7) is 5.28. The van der Waals surface area contributed by atoms with Gasteiger partial charge in [0.25, 0.3) is 5.91 Å². The topological polar surface area (TPSA) is 95.5 Å². The van der Waals surface area contributed by atoms with Crippen LogP contribution in [0.15, 0.2) is 24.3 Å². The first kappa shape index (κ1) is 19.4. The van der Waals surface area contributed by atoms with Gasteiger partial charge < -0.3 is 15.7 Å². The number of aliphatic carboxylic acids is 1. The summed E-state index contributed by atoms with van der Waals surface area (Å²) in [5.74, 6) is -1.84. The molecule has 1 aromatic carbocycles. The van der Waals surface area contributed by atoms with E-state index in [4.69, 9.17) is 5.11 Å². The first-order valence-corrected chi connectivity index (χ1v) is 8.38. The van der Waals surface area contributed by atoms with E-state index in [1.54, 1.807) is 24.3 Å². The third-order valence-corrected chi connectivity index (χ3v) is 3.89. The first-order valence-electron chi connectivity index (χ1n) is 7.30. The predicted molar refractivity (Wildman–Crippen MR) is 95.1 cm³/mol. The van der Waals surface area contributed by atoms with Crippen LogP contribution < -0.4 is 10.6 Å². The molecule has 2 atom stereocenters. The third kappa shape index (κ3) is 6.55. The van der Waals surface area contributed by atoms with Crippen molar-refractivity contribution >= 4 is 40.4 Å². The van der Waals surface area contributed by atoms with Crippen LogP contribution >= 0.6 is 22.6 Å². The van der Waals surface area contributed by atoms with E-state index in [0.29, 0.717) is 12.0 Å². The molecule has 1 aromatic rings. The number of hydrogen-bond acceptors (Lipinski definition) is 3. The molecule has 0 aliphatic heterocycles. The Kier molecular flexibility index (Phi) is 7.47. The van der Waals surface area contributed by atoms with Gasteiger partial charge in [-0.05, 0) is 66.1 Å². The number of nitrogens with one attached hydrogen (secondary N) is 2. The van der Waals surface area contributed by atoms with Crippen LogP contribution in [0.1, 0.15) is 37.6 Å². The highest BCUT2D eigenvalue weighted by atomic mass is 127. The summed E-state index contributed by atoms with van der Waals surface area (Å²) in [4.78, 5) is 35.3. The average molecular weight is 432 g/mol. The van der Waals surface area contributed by atoms with Gasteiger partial charge in [-0.3, -0.25) is 9.59 Å². The molecule has 0 spiro atoms. The average Bonchev–Trinajstić information content (AvgIpc) is 2.46. The Balaban J connectivity index is 2.63. The van der Waals surface area contributed by atoms with Gasteiger partial charge in [-0.2, -0.15) is 0 Å². The number of halogens is 1. The minimum Gasteiger partial charge on any atom is -0.480 e. The van der Waals surface area contributed by atoms with Crippen LogP contribution in [0.4, 0.5) is 0 Å². The van der Waals surface area contributed by atoms with Crippen molar-refractivity contribution in [1.82, 2.24) is 10.6 Å². The smallest absolute Gasteiger partial charge is 0.326 e. The number of benzene rings is 1. The third-order valence-electron chi connectivity index (χ3n) is 3.17. The Morgan fingerprint density at radius 2 is 1.65 bits per heavy atom. The summed E-state index contributed by atoms with van der Waals surface area (Å²) in [6.07, 6.45) is 0.332. The molecule has 0 fully saturated rings. The van der Waals surface area contributed by atoms with E-state index in [1.807, 2.05) is 13.8 Å². The highest BCUT2D eigenvalue weighted by Crippen LogP contribution is 2.08.